The maximum atomic E-state index is 12.2. The summed E-state index contributed by atoms with van der Waals surface area (Å²) in [6.07, 6.45) is 1.17. The number of rotatable bonds is 9. The minimum Gasteiger partial charge on any atom is -0.493 e. The van der Waals surface area contributed by atoms with Gasteiger partial charge in [0.25, 0.3) is 0 Å². The number of nitrogens with two attached hydrogens (primary N) is 1. The van der Waals surface area contributed by atoms with Gasteiger partial charge in [-0.05, 0) is 36.5 Å². The Balaban J connectivity index is 2.58. The average molecular weight is 337 g/mol. The van der Waals surface area contributed by atoms with E-state index in [1.54, 1.807) is 14.2 Å². The molecule has 1 atom stereocenters. The van der Waals surface area contributed by atoms with E-state index in [2.05, 4.69) is 10.6 Å². The third-order valence-electron chi connectivity index (χ3n) is 3.50. The monoisotopic (exact) mass is 337 g/mol. The second kappa shape index (κ2) is 9.64. The first kappa shape index (κ1) is 19.6. The zero-order valence-corrected chi connectivity index (χ0v) is 14.7. The Hall–Kier alpha value is -2.44. The Bertz CT molecular complexity index is 561. The second-order valence-corrected chi connectivity index (χ2v) is 5.92. The van der Waals surface area contributed by atoms with Crippen LogP contribution < -0.4 is 25.8 Å². The first-order valence-electron chi connectivity index (χ1n) is 7.92. The zero-order chi connectivity index (χ0) is 18.1. The van der Waals surface area contributed by atoms with Gasteiger partial charge >= 0.3 is 6.03 Å². The van der Waals surface area contributed by atoms with Crippen molar-refractivity contribution in [1.82, 2.24) is 10.6 Å². The standard InChI is InChI=1S/C17H27N3O4/c1-11(2)9-13(20-17(18)22)16(21)19-8-7-12-5-6-14(23-3)15(10-12)24-4/h5-6,10-11,13H,7-9H2,1-4H3,(H,19,21)(H3,18,20,22). The molecular formula is C17H27N3O4. The molecular weight excluding hydrogens is 310 g/mol. The van der Waals surface area contributed by atoms with Gasteiger partial charge in [0.15, 0.2) is 11.5 Å². The largest absolute Gasteiger partial charge is 0.493 e. The third-order valence-corrected chi connectivity index (χ3v) is 3.50. The van der Waals surface area contributed by atoms with Crippen LogP contribution in [-0.2, 0) is 11.2 Å². The molecule has 3 amide bonds. The Morgan fingerprint density at radius 1 is 1.17 bits per heavy atom. The van der Waals surface area contributed by atoms with Crippen LogP contribution in [0.1, 0.15) is 25.8 Å². The predicted molar refractivity (Wildman–Crippen MR) is 92.2 cm³/mol. The van der Waals surface area contributed by atoms with Crippen LogP contribution in [0.4, 0.5) is 4.79 Å². The number of methoxy groups -OCH3 is 2. The molecule has 0 saturated carbocycles. The van der Waals surface area contributed by atoms with Gasteiger partial charge < -0.3 is 25.8 Å². The van der Waals surface area contributed by atoms with Gasteiger partial charge in [-0.3, -0.25) is 4.79 Å². The normalized spacial score (nSPS) is 11.7. The lowest BCUT2D eigenvalue weighted by Crippen LogP contribution is -2.49. The number of amides is 3. The van der Waals surface area contributed by atoms with E-state index in [1.807, 2.05) is 32.0 Å². The minimum absolute atomic E-state index is 0.233. The molecule has 1 aromatic rings. The van der Waals surface area contributed by atoms with E-state index in [0.717, 1.165) is 5.56 Å². The van der Waals surface area contributed by atoms with Crippen LogP contribution in [0.3, 0.4) is 0 Å². The summed E-state index contributed by atoms with van der Waals surface area (Å²) in [4.78, 5) is 23.2. The van der Waals surface area contributed by atoms with Crippen molar-refractivity contribution in [1.29, 1.82) is 0 Å². The Labute approximate surface area is 142 Å². The fraction of sp³-hybridized carbons (Fsp3) is 0.529. The molecule has 0 radical (unpaired) electrons. The number of urea groups is 1. The molecule has 7 nitrogen and oxygen atoms in total. The molecule has 0 spiro atoms. The van der Waals surface area contributed by atoms with Crippen molar-refractivity contribution in [3.05, 3.63) is 23.8 Å². The molecule has 0 aliphatic heterocycles. The van der Waals surface area contributed by atoms with Crippen LogP contribution in [0.2, 0.25) is 0 Å². The van der Waals surface area contributed by atoms with Gasteiger partial charge in [-0.15, -0.1) is 0 Å². The summed E-state index contributed by atoms with van der Waals surface area (Å²) in [6.45, 7) is 4.41. The van der Waals surface area contributed by atoms with Crippen molar-refractivity contribution in [2.75, 3.05) is 20.8 Å². The van der Waals surface area contributed by atoms with E-state index >= 15 is 0 Å². The molecule has 0 aliphatic carbocycles. The van der Waals surface area contributed by atoms with Gasteiger partial charge in [-0.2, -0.15) is 0 Å². The Kier molecular flexibility index (Phi) is 7.88. The quantitative estimate of drug-likeness (QED) is 0.634. The maximum absolute atomic E-state index is 12.2. The molecule has 0 bridgehead atoms. The minimum atomic E-state index is -0.698. The van der Waals surface area contributed by atoms with Crippen molar-refractivity contribution >= 4 is 11.9 Å². The van der Waals surface area contributed by atoms with Gasteiger partial charge in [0, 0.05) is 6.54 Å². The van der Waals surface area contributed by atoms with Crippen molar-refractivity contribution < 1.29 is 19.1 Å². The smallest absolute Gasteiger partial charge is 0.312 e. The Morgan fingerprint density at radius 3 is 2.38 bits per heavy atom. The van der Waals surface area contributed by atoms with Crippen molar-refractivity contribution in [2.45, 2.75) is 32.7 Å². The first-order valence-corrected chi connectivity index (χ1v) is 7.92. The highest BCUT2D eigenvalue weighted by molar-refractivity contribution is 5.86. The first-order chi connectivity index (χ1) is 11.4. The lowest BCUT2D eigenvalue weighted by Gasteiger charge is -2.19. The molecule has 1 unspecified atom stereocenters. The second-order valence-electron chi connectivity index (χ2n) is 5.92. The molecule has 4 N–H and O–H groups in total. The predicted octanol–water partition coefficient (Wildman–Crippen LogP) is 1.45. The molecule has 0 aliphatic rings. The number of primary amides is 1. The topological polar surface area (TPSA) is 103 Å². The van der Waals surface area contributed by atoms with Crippen LogP contribution in [0.5, 0.6) is 11.5 Å². The third kappa shape index (κ3) is 6.36. The molecule has 0 saturated heterocycles. The van der Waals surface area contributed by atoms with Crippen molar-refractivity contribution in [2.24, 2.45) is 11.7 Å². The summed E-state index contributed by atoms with van der Waals surface area (Å²) in [7, 11) is 3.16. The Morgan fingerprint density at radius 2 is 1.83 bits per heavy atom. The summed E-state index contributed by atoms with van der Waals surface area (Å²) < 4.78 is 10.4. The number of ether oxygens (including phenoxy) is 2. The van der Waals surface area contributed by atoms with E-state index in [9.17, 15) is 9.59 Å². The molecule has 0 aromatic heterocycles. The summed E-state index contributed by atoms with van der Waals surface area (Å²) >= 11 is 0. The number of carbonyl (C=O) groups is 2. The van der Waals surface area contributed by atoms with E-state index in [0.29, 0.717) is 30.9 Å². The fourth-order valence-corrected chi connectivity index (χ4v) is 2.36. The summed E-state index contributed by atoms with van der Waals surface area (Å²) in [5.41, 5.74) is 6.14. The molecule has 7 heteroatoms. The number of hydrogen-bond donors (Lipinski definition) is 3. The highest BCUT2D eigenvalue weighted by Crippen LogP contribution is 2.27. The molecule has 1 aromatic carbocycles. The fourth-order valence-electron chi connectivity index (χ4n) is 2.36. The van der Waals surface area contributed by atoms with E-state index < -0.39 is 12.1 Å². The van der Waals surface area contributed by atoms with Crippen LogP contribution in [0.15, 0.2) is 18.2 Å². The number of benzene rings is 1. The van der Waals surface area contributed by atoms with Gasteiger partial charge in [-0.1, -0.05) is 19.9 Å². The maximum Gasteiger partial charge on any atom is 0.312 e. The van der Waals surface area contributed by atoms with Crippen LogP contribution in [0, 0.1) is 5.92 Å². The van der Waals surface area contributed by atoms with E-state index in [1.165, 1.54) is 0 Å². The van der Waals surface area contributed by atoms with Gasteiger partial charge in [-0.25, -0.2) is 4.79 Å². The summed E-state index contributed by atoms with van der Waals surface area (Å²) in [5.74, 6) is 1.34. The molecule has 1 rings (SSSR count). The molecule has 0 heterocycles. The number of carbonyl (C=O) groups excluding carboxylic acids is 2. The van der Waals surface area contributed by atoms with Gasteiger partial charge in [0.05, 0.1) is 14.2 Å². The lowest BCUT2D eigenvalue weighted by atomic mass is 10.0. The van der Waals surface area contributed by atoms with Crippen molar-refractivity contribution in [3.63, 3.8) is 0 Å². The van der Waals surface area contributed by atoms with Gasteiger partial charge in [0.2, 0.25) is 5.91 Å². The van der Waals surface area contributed by atoms with Crippen LogP contribution in [-0.4, -0.2) is 38.7 Å². The SMILES string of the molecule is COc1ccc(CCNC(=O)C(CC(C)C)NC(N)=O)cc1OC. The van der Waals surface area contributed by atoms with E-state index in [-0.39, 0.29) is 11.8 Å². The lowest BCUT2D eigenvalue weighted by molar-refractivity contribution is -0.123. The summed E-state index contributed by atoms with van der Waals surface area (Å²) in [6, 6.07) is 4.30. The van der Waals surface area contributed by atoms with E-state index in [4.69, 9.17) is 15.2 Å². The zero-order valence-electron chi connectivity index (χ0n) is 14.7. The molecule has 134 valence electrons. The number of nitrogens with one attached hydrogen (secondary N) is 2. The van der Waals surface area contributed by atoms with Gasteiger partial charge in [0.1, 0.15) is 6.04 Å². The summed E-state index contributed by atoms with van der Waals surface area (Å²) in [5, 5.41) is 5.31. The highest BCUT2D eigenvalue weighted by atomic mass is 16.5. The average Bonchev–Trinajstić information content (AvgIpc) is 2.53. The van der Waals surface area contributed by atoms with Crippen LogP contribution >= 0.6 is 0 Å². The highest BCUT2D eigenvalue weighted by Gasteiger charge is 2.20. The molecule has 0 fully saturated rings. The molecule has 24 heavy (non-hydrogen) atoms. The van der Waals surface area contributed by atoms with Crippen molar-refractivity contribution in [3.8, 4) is 11.5 Å². The van der Waals surface area contributed by atoms with Crippen LogP contribution in [0.25, 0.3) is 0 Å². The number of hydrogen-bond acceptors (Lipinski definition) is 4.